The van der Waals surface area contributed by atoms with Crippen molar-refractivity contribution in [2.24, 2.45) is 0 Å². The molecule has 0 spiro atoms. The smallest absolute Gasteiger partial charge is 0.251 e. The molecule has 0 aliphatic rings. The maximum absolute atomic E-state index is 13.1. The van der Waals surface area contributed by atoms with Crippen molar-refractivity contribution >= 4 is 18.5 Å². The first-order chi connectivity index (χ1) is 9.61. The molecule has 0 aliphatic carbocycles. The number of ether oxygens (including phenoxy) is 1. The van der Waals surface area contributed by atoms with Crippen LogP contribution in [0.3, 0.4) is 0 Å². The highest BCUT2D eigenvalue weighted by molar-refractivity contribution is 7.80. The molecule has 0 unspecified atom stereocenters. The summed E-state index contributed by atoms with van der Waals surface area (Å²) in [5, 5.41) is 2.76. The van der Waals surface area contributed by atoms with E-state index in [4.69, 9.17) is 4.74 Å². The minimum Gasteiger partial charge on any atom is -0.496 e. The van der Waals surface area contributed by atoms with Crippen molar-refractivity contribution in [1.29, 1.82) is 0 Å². The number of hydrogen-bond acceptors (Lipinski definition) is 3. The fraction of sp³-hybridized carbons (Fsp3) is 0.133. The molecule has 5 heteroatoms. The van der Waals surface area contributed by atoms with E-state index in [0.717, 1.165) is 5.56 Å². The Morgan fingerprint density at radius 2 is 2.05 bits per heavy atom. The topological polar surface area (TPSA) is 38.3 Å². The highest BCUT2D eigenvalue weighted by Crippen LogP contribution is 2.17. The molecular formula is C15H14FNO2S. The van der Waals surface area contributed by atoms with Crippen molar-refractivity contribution in [2.45, 2.75) is 11.4 Å². The molecule has 0 saturated heterocycles. The Kier molecular flexibility index (Phi) is 4.63. The van der Waals surface area contributed by atoms with Gasteiger partial charge in [-0.1, -0.05) is 18.2 Å². The highest BCUT2D eigenvalue weighted by atomic mass is 32.1. The SMILES string of the molecule is COc1ccccc1CNC(=O)c1ccc(F)c(S)c1. The predicted octanol–water partition coefficient (Wildman–Crippen LogP) is 3.05. The number of amides is 1. The lowest BCUT2D eigenvalue weighted by Crippen LogP contribution is -2.23. The number of halogens is 1. The van der Waals surface area contributed by atoms with Crippen LogP contribution >= 0.6 is 12.6 Å². The van der Waals surface area contributed by atoms with Crippen LogP contribution in [0.5, 0.6) is 5.75 Å². The van der Waals surface area contributed by atoms with Gasteiger partial charge in [-0.05, 0) is 24.3 Å². The third-order valence-corrected chi connectivity index (χ3v) is 3.18. The van der Waals surface area contributed by atoms with E-state index >= 15 is 0 Å². The number of thiol groups is 1. The van der Waals surface area contributed by atoms with Crippen LogP contribution in [0.2, 0.25) is 0 Å². The molecule has 3 nitrogen and oxygen atoms in total. The first kappa shape index (κ1) is 14.4. The van der Waals surface area contributed by atoms with Gasteiger partial charge in [-0.2, -0.15) is 0 Å². The maximum atomic E-state index is 13.1. The second-order valence-corrected chi connectivity index (χ2v) is 4.64. The highest BCUT2D eigenvalue weighted by Gasteiger charge is 2.09. The molecule has 2 aromatic carbocycles. The first-order valence-corrected chi connectivity index (χ1v) is 6.45. The zero-order chi connectivity index (χ0) is 14.5. The molecule has 0 heterocycles. The number of methoxy groups -OCH3 is 1. The van der Waals surface area contributed by atoms with Gasteiger partial charge in [0.25, 0.3) is 5.91 Å². The summed E-state index contributed by atoms with van der Waals surface area (Å²) >= 11 is 3.96. The summed E-state index contributed by atoms with van der Waals surface area (Å²) in [6, 6.07) is 11.5. The van der Waals surface area contributed by atoms with Gasteiger partial charge in [-0.3, -0.25) is 4.79 Å². The molecule has 0 bridgehead atoms. The molecule has 0 radical (unpaired) electrons. The van der Waals surface area contributed by atoms with Crippen LogP contribution in [0.4, 0.5) is 4.39 Å². The second-order valence-electron chi connectivity index (χ2n) is 4.16. The van der Waals surface area contributed by atoms with E-state index in [0.29, 0.717) is 17.9 Å². The molecule has 0 saturated carbocycles. The van der Waals surface area contributed by atoms with E-state index in [-0.39, 0.29) is 10.8 Å². The van der Waals surface area contributed by atoms with Gasteiger partial charge in [0.2, 0.25) is 0 Å². The van der Waals surface area contributed by atoms with Gasteiger partial charge in [0.1, 0.15) is 11.6 Å². The predicted molar refractivity (Wildman–Crippen MR) is 77.8 cm³/mol. The lowest BCUT2D eigenvalue weighted by molar-refractivity contribution is 0.0950. The van der Waals surface area contributed by atoms with Gasteiger partial charge in [-0.25, -0.2) is 4.39 Å². The summed E-state index contributed by atoms with van der Waals surface area (Å²) < 4.78 is 18.3. The summed E-state index contributed by atoms with van der Waals surface area (Å²) in [6.07, 6.45) is 0. The van der Waals surface area contributed by atoms with Crippen molar-refractivity contribution in [2.75, 3.05) is 7.11 Å². The third kappa shape index (κ3) is 3.30. The molecule has 0 aromatic heterocycles. The van der Waals surface area contributed by atoms with Crippen LogP contribution in [-0.4, -0.2) is 13.0 Å². The van der Waals surface area contributed by atoms with Gasteiger partial charge in [0.05, 0.1) is 7.11 Å². The van der Waals surface area contributed by atoms with Gasteiger partial charge >= 0.3 is 0 Å². The van der Waals surface area contributed by atoms with Crippen LogP contribution in [0, 0.1) is 5.82 Å². The van der Waals surface area contributed by atoms with Crippen molar-refractivity contribution in [3.63, 3.8) is 0 Å². The van der Waals surface area contributed by atoms with Crippen molar-refractivity contribution in [3.05, 3.63) is 59.4 Å². The molecule has 2 aromatic rings. The van der Waals surface area contributed by atoms with E-state index in [1.54, 1.807) is 7.11 Å². The average Bonchev–Trinajstić information content (AvgIpc) is 2.47. The molecule has 2 rings (SSSR count). The van der Waals surface area contributed by atoms with Crippen molar-refractivity contribution in [1.82, 2.24) is 5.32 Å². The Hall–Kier alpha value is -2.01. The van der Waals surface area contributed by atoms with E-state index in [2.05, 4.69) is 17.9 Å². The Bertz CT molecular complexity index is 631. The molecule has 0 atom stereocenters. The van der Waals surface area contributed by atoms with Crippen LogP contribution in [0.15, 0.2) is 47.4 Å². The molecule has 0 aliphatic heterocycles. The van der Waals surface area contributed by atoms with Crippen LogP contribution in [0.1, 0.15) is 15.9 Å². The largest absolute Gasteiger partial charge is 0.496 e. The summed E-state index contributed by atoms with van der Waals surface area (Å²) in [5.74, 6) is -0.0254. The summed E-state index contributed by atoms with van der Waals surface area (Å²) in [5.41, 5.74) is 1.24. The van der Waals surface area contributed by atoms with Gasteiger partial charge in [0.15, 0.2) is 0 Å². The number of hydrogen-bond donors (Lipinski definition) is 2. The second kappa shape index (κ2) is 6.43. The van der Waals surface area contributed by atoms with Crippen molar-refractivity contribution < 1.29 is 13.9 Å². The fourth-order valence-corrected chi connectivity index (χ4v) is 1.99. The number of carbonyl (C=O) groups excluding carboxylic acids is 1. The summed E-state index contributed by atoms with van der Waals surface area (Å²) in [7, 11) is 1.58. The van der Waals surface area contributed by atoms with Crippen LogP contribution in [-0.2, 0) is 6.54 Å². The number of para-hydroxylation sites is 1. The number of benzene rings is 2. The molecule has 1 amide bonds. The monoisotopic (exact) mass is 291 g/mol. The van der Waals surface area contributed by atoms with E-state index in [9.17, 15) is 9.18 Å². The lowest BCUT2D eigenvalue weighted by Gasteiger charge is -2.09. The fourth-order valence-electron chi connectivity index (χ4n) is 1.78. The standard InChI is InChI=1S/C15H14FNO2S/c1-19-13-5-3-2-4-11(13)9-17-15(18)10-6-7-12(16)14(20)8-10/h2-8,20H,9H2,1H3,(H,17,18). The molecule has 104 valence electrons. The zero-order valence-corrected chi connectivity index (χ0v) is 11.8. The first-order valence-electron chi connectivity index (χ1n) is 6.00. The molecule has 0 fully saturated rings. The summed E-state index contributed by atoms with van der Waals surface area (Å²) in [6.45, 7) is 0.335. The molecule has 20 heavy (non-hydrogen) atoms. The van der Waals surface area contributed by atoms with Crippen molar-refractivity contribution in [3.8, 4) is 5.75 Å². The minimum absolute atomic E-state index is 0.148. The minimum atomic E-state index is -0.449. The Balaban J connectivity index is 2.06. The van der Waals surface area contributed by atoms with E-state index in [1.807, 2.05) is 24.3 Å². The van der Waals surface area contributed by atoms with E-state index < -0.39 is 5.82 Å². The summed E-state index contributed by atoms with van der Waals surface area (Å²) in [4.78, 5) is 12.1. The number of carbonyl (C=O) groups is 1. The van der Waals surface area contributed by atoms with E-state index in [1.165, 1.54) is 18.2 Å². The lowest BCUT2D eigenvalue weighted by atomic mass is 10.1. The van der Waals surface area contributed by atoms with Crippen LogP contribution < -0.4 is 10.1 Å². The van der Waals surface area contributed by atoms with Gasteiger partial charge in [-0.15, -0.1) is 12.6 Å². The molecule has 1 N–H and O–H groups in total. The van der Waals surface area contributed by atoms with Gasteiger partial charge < -0.3 is 10.1 Å². The van der Waals surface area contributed by atoms with Crippen LogP contribution in [0.25, 0.3) is 0 Å². The Morgan fingerprint density at radius 1 is 1.30 bits per heavy atom. The quantitative estimate of drug-likeness (QED) is 0.850. The normalized spacial score (nSPS) is 10.2. The zero-order valence-electron chi connectivity index (χ0n) is 10.9. The average molecular weight is 291 g/mol. The van der Waals surface area contributed by atoms with Gasteiger partial charge in [0, 0.05) is 22.6 Å². The Morgan fingerprint density at radius 3 is 2.75 bits per heavy atom. The molecular weight excluding hydrogens is 277 g/mol. The maximum Gasteiger partial charge on any atom is 0.251 e. The number of rotatable bonds is 4. The third-order valence-electron chi connectivity index (χ3n) is 2.84. The number of nitrogens with one attached hydrogen (secondary N) is 1. The Labute approximate surface area is 122 Å².